The number of amides is 2. The molecule has 3 fully saturated rings. The SMILES string of the molecule is C=CCn1c(=O)c2cnc(Nc3ccc(N4CCN(C)C(CC5CCN(c6ccc(C7CCC(=O)NC7=O)cc6)CC5)C4)cc3)nc2n1-c1ccc2c(n1)C(CC)CC2. The van der Waals surface area contributed by atoms with Crippen LogP contribution >= 0.6 is 0 Å². The van der Waals surface area contributed by atoms with Crippen LogP contribution in [0, 0.1) is 5.92 Å². The van der Waals surface area contributed by atoms with E-state index in [2.05, 4.69) is 105 Å². The summed E-state index contributed by atoms with van der Waals surface area (Å²) in [6.45, 7) is 11.5. The minimum atomic E-state index is -0.248. The molecule has 0 saturated carbocycles. The summed E-state index contributed by atoms with van der Waals surface area (Å²) in [4.78, 5) is 59.5. The number of fused-ring (bicyclic) bond motifs is 2. The van der Waals surface area contributed by atoms with Crippen LogP contribution in [-0.4, -0.2) is 86.8 Å². The zero-order valence-electron chi connectivity index (χ0n) is 34.1. The number of anilines is 4. The van der Waals surface area contributed by atoms with Crippen LogP contribution < -0.4 is 26.0 Å². The Morgan fingerprint density at radius 1 is 0.864 bits per heavy atom. The molecular weight excluding hydrogens is 741 g/mol. The number of pyridine rings is 1. The molecule has 59 heavy (non-hydrogen) atoms. The Hall–Kier alpha value is -5.82. The predicted molar refractivity (Wildman–Crippen MR) is 232 cm³/mol. The molecule has 3 unspecified atom stereocenters. The van der Waals surface area contributed by atoms with E-state index in [9.17, 15) is 14.4 Å². The fraction of sp³-hybridized carbons (Fsp3) is 0.435. The smallest absolute Gasteiger partial charge is 0.278 e. The first-order chi connectivity index (χ1) is 28.8. The quantitative estimate of drug-likeness (QED) is 0.116. The van der Waals surface area contributed by atoms with Gasteiger partial charge in [0.2, 0.25) is 17.8 Å². The normalized spacial score (nSPS) is 21.5. The first-order valence-corrected chi connectivity index (χ1v) is 21.4. The van der Waals surface area contributed by atoms with Crippen LogP contribution in [0.15, 0.2) is 84.3 Å². The lowest BCUT2D eigenvalue weighted by molar-refractivity contribution is -0.134. The van der Waals surface area contributed by atoms with Crippen molar-refractivity contribution in [1.29, 1.82) is 0 Å². The number of nitrogens with one attached hydrogen (secondary N) is 2. The van der Waals surface area contributed by atoms with E-state index < -0.39 is 0 Å². The molecule has 2 amide bonds. The Morgan fingerprint density at radius 2 is 1.63 bits per heavy atom. The molecule has 3 atom stereocenters. The van der Waals surface area contributed by atoms with Gasteiger partial charge in [-0.15, -0.1) is 6.58 Å². The number of rotatable bonds is 11. The van der Waals surface area contributed by atoms with Gasteiger partial charge in [-0.25, -0.2) is 19.3 Å². The van der Waals surface area contributed by atoms with Crippen LogP contribution in [0.3, 0.4) is 0 Å². The monoisotopic (exact) mass is 794 g/mol. The van der Waals surface area contributed by atoms with Crippen molar-refractivity contribution in [2.75, 3.05) is 54.9 Å². The minimum Gasteiger partial charge on any atom is -0.372 e. The first-order valence-electron chi connectivity index (χ1n) is 21.4. The van der Waals surface area contributed by atoms with Crippen LogP contribution in [0.1, 0.15) is 80.5 Å². The zero-order valence-corrected chi connectivity index (χ0v) is 34.1. The second-order valence-corrected chi connectivity index (χ2v) is 16.8. The fourth-order valence-corrected chi connectivity index (χ4v) is 9.71. The number of hydrogen-bond acceptors (Lipinski definition) is 10. The van der Waals surface area contributed by atoms with E-state index in [0.717, 1.165) is 81.8 Å². The zero-order chi connectivity index (χ0) is 40.6. The molecule has 306 valence electrons. The molecule has 3 aromatic heterocycles. The van der Waals surface area contributed by atoms with Crippen molar-refractivity contribution < 1.29 is 9.59 Å². The van der Waals surface area contributed by atoms with Crippen molar-refractivity contribution in [1.82, 2.24) is 34.5 Å². The number of benzene rings is 2. The molecule has 9 rings (SSSR count). The van der Waals surface area contributed by atoms with Gasteiger partial charge >= 0.3 is 0 Å². The number of imide groups is 1. The summed E-state index contributed by atoms with van der Waals surface area (Å²) >= 11 is 0. The van der Waals surface area contributed by atoms with Crippen LogP contribution in [0.5, 0.6) is 0 Å². The molecule has 1 aliphatic carbocycles. The van der Waals surface area contributed by atoms with E-state index in [1.165, 1.54) is 23.4 Å². The molecule has 6 heterocycles. The molecule has 2 N–H and O–H groups in total. The van der Waals surface area contributed by atoms with Crippen molar-refractivity contribution in [2.24, 2.45) is 5.92 Å². The number of carbonyl (C=O) groups is 2. The maximum Gasteiger partial charge on any atom is 0.278 e. The minimum absolute atomic E-state index is 0.170. The van der Waals surface area contributed by atoms with E-state index in [4.69, 9.17) is 9.97 Å². The first kappa shape index (κ1) is 38.7. The molecule has 0 spiro atoms. The Kier molecular flexibility index (Phi) is 10.8. The number of aryl methyl sites for hydroxylation is 1. The number of likely N-dealkylation sites (N-methyl/N-ethyl adjacent to an activating group) is 1. The second kappa shape index (κ2) is 16.4. The van der Waals surface area contributed by atoms with Crippen LogP contribution in [0.25, 0.3) is 16.9 Å². The Balaban J connectivity index is 0.831. The second-order valence-electron chi connectivity index (χ2n) is 16.8. The summed E-state index contributed by atoms with van der Waals surface area (Å²) in [5.41, 5.74) is 7.00. The topological polar surface area (TPSA) is 134 Å². The highest BCUT2D eigenvalue weighted by atomic mass is 16.2. The number of aromatic nitrogens is 5. The van der Waals surface area contributed by atoms with Crippen molar-refractivity contribution >= 4 is 45.9 Å². The summed E-state index contributed by atoms with van der Waals surface area (Å²) in [7, 11) is 2.26. The van der Waals surface area contributed by atoms with Gasteiger partial charge in [0.1, 0.15) is 5.39 Å². The summed E-state index contributed by atoms with van der Waals surface area (Å²) < 4.78 is 3.45. The molecule has 3 aliphatic heterocycles. The largest absolute Gasteiger partial charge is 0.372 e. The third-order valence-corrected chi connectivity index (χ3v) is 13.2. The van der Waals surface area contributed by atoms with E-state index >= 15 is 0 Å². The molecule has 0 radical (unpaired) electrons. The number of carbonyl (C=O) groups excluding carboxylic acids is 2. The van der Waals surface area contributed by atoms with Crippen LogP contribution in [-0.2, 0) is 22.6 Å². The van der Waals surface area contributed by atoms with Gasteiger partial charge in [-0.05, 0) is 112 Å². The van der Waals surface area contributed by atoms with Gasteiger partial charge in [0.05, 0.1) is 12.5 Å². The highest BCUT2D eigenvalue weighted by molar-refractivity contribution is 6.01. The summed E-state index contributed by atoms with van der Waals surface area (Å²) in [6, 6.07) is 21.5. The van der Waals surface area contributed by atoms with Gasteiger partial charge in [0.15, 0.2) is 11.5 Å². The molecule has 13 nitrogen and oxygen atoms in total. The van der Waals surface area contributed by atoms with E-state index in [0.29, 0.717) is 60.1 Å². The Bertz CT molecular complexity index is 2410. The number of allylic oxidation sites excluding steroid dienone is 1. The van der Waals surface area contributed by atoms with E-state index in [1.807, 2.05) is 10.7 Å². The molecule has 5 aromatic rings. The highest BCUT2D eigenvalue weighted by Crippen LogP contribution is 2.35. The molecule has 3 saturated heterocycles. The summed E-state index contributed by atoms with van der Waals surface area (Å²) in [5, 5.41) is 6.30. The third kappa shape index (κ3) is 7.75. The number of hydrogen-bond donors (Lipinski definition) is 2. The molecule has 13 heteroatoms. The lowest BCUT2D eigenvalue weighted by atomic mass is 9.88. The van der Waals surface area contributed by atoms with Gasteiger partial charge < -0.3 is 15.1 Å². The maximum absolute atomic E-state index is 13.6. The average molecular weight is 795 g/mol. The lowest BCUT2D eigenvalue weighted by Crippen LogP contribution is -2.52. The summed E-state index contributed by atoms with van der Waals surface area (Å²) in [5.74, 6) is 1.58. The van der Waals surface area contributed by atoms with Gasteiger partial charge in [-0.1, -0.05) is 31.2 Å². The molecular formula is C46H54N10O3. The molecule has 2 aromatic carbocycles. The Morgan fingerprint density at radius 3 is 2.37 bits per heavy atom. The van der Waals surface area contributed by atoms with Gasteiger partial charge in [0.25, 0.3) is 5.56 Å². The fourth-order valence-electron chi connectivity index (χ4n) is 9.71. The van der Waals surface area contributed by atoms with E-state index in [1.54, 1.807) is 17.0 Å². The van der Waals surface area contributed by atoms with Crippen molar-refractivity contribution in [3.8, 4) is 5.82 Å². The lowest BCUT2D eigenvalue weighted by Gasteiger charge is -2.43. The standard InChI is InChI=1S/C46H54N10O3/c1-4-22-55-45(59)39-28-47-46(51-43(39)56(55)40-18-10-33-7-6-31(5-2)42(33)49-40)48-34-11-15-36(16-12-34)54-26-25-52(3)37(29-54)27-30-20-23-53(24-21-30)35-13-8-32(9-14-35)38-17-19-41(57)50-44(38)58/h4,8-16,18,28,30-31,37-38H,1,5-7,17,19-27,29H2,2-3H3,(H,47,48,51)(H,50,57,58). The van der Waals surface area contributed by atoms with Gasteiger partial charge in [0, 0.05) is 80.1 Å². The number of piperidine rings is 2. The average Bonchev–Trinajstić information content (AvgIpc) is 3.79. The number of nitrogens with zero attached hydrogens (tertiary/aromatic N) is 8. The number of piperazine rings is 1. The molecule has 4 aliphatic rings. The third-order valence-electron chi connectivity index (χ3n) is 13.2. The van der Waals surface area contributed by atoms with Gasteiger partial charge in [-0.3, -0.25) is 24.6 Å². The Labute approximate surface area is 345 Å². The van der Waals surface area contributed by atoms with Crippen molar-refractivity contribution in [3.63, 3.8) is 0 Å². The van der Waals surface area contributed by atoms with Crippen LogP contribution in [0.4, 0.5) is 23.0 Å². The predicted octanol–water partition coefficient (Wildman–Crippen LogP) is 6.29. The summed E-state index contributed by atoms with van der Waals surface area (Å²) in [6.07, 6.45) is 11.0. The highest BCUT2D eigenvalue weighted by Gasteiger charge is 2.31. The van der Waals surface area contributed by atoms with Gasteiger partial charge in [-0.2, -0.15) is 4.98 Å². The van der Waals surface area contributed by atoms with Crippen LogP contribution in [0.2, 0.25) is 0 Å². The molecule has 0 bridgehead atoms. The van der Waals surface area contributed by atoms with Crippen molar-refractivity contribution in [2.45, 2.75) is 82.7 Å². The maximum atomic E-state index is 13.6. The van der Waals surface area contributed by atoms with E-state index in [-0.39, 0.29) is 23.3 Å². The van der Waals surface area contributed by atoms with Crippen molar-refractivity contribution in [3.05, 3.63) is 107 Å².